The van der Waals surface area contributed by atoms with Crippen LogP contribution in [0, 0.1) is 0 Å². The summed E-state index contributed by atoms with van der Waals surface area (Å²) in [7, 11) is 1.61. The van der Waals surface area contributed by atoms with Gasteiger partial charge in [0.05, 0.1) is 25.3 Å². The van der Waals surface area contributed by atoms with Crippen LogP contribution in [0.3, 0.4) is 0 Å². The van der Waals surface area contributed by atoms with Gasteiger partial charge in [-0.05, 0) is 36.2 Å². The van der Waals surface area contributed by atoms with Crippen LogP contribution in [0.1, 0.15) is 30.0 Å². The molecular weight excluding hydrogens is 464 g/mol. The number of amides is 2. The number of nitrogens with one attached hydrogen (secondary N) is 1. The number of methoxy groups -OCH3 is 1. The standard InChI is InChI=1S/C27H23ClN4O3/c1-17-23(26-30-25(31-35-26)19-12-8-13-21(15-19)34-2)24(18-9-4-3-5-10-18)29-27(33)32(17)16-20-11-6-7-14-22(20)28/h3-15,24H,16H2,1-2H3,(H,29,33). The van der Waals surface area contributed by atoms with Gasteiger partial charge in [0, 0.05) is 16.3 Å². The van der Waals surface area contributed by atoms with E-state index in [2.05, 4.69) is 10.5 Å². The highest BCUT2D eigenvalue weighted by molar-refractivity contribution is 6.31. The summed E-state index contributed by atoms with van der Waals surface area (Å²) in [5, 5.41) is 7.92. The van der Waals surface area contributed by atoms with Crippen molar-refractivity contribution in [3.8, 4) is 17.1 Å². The second-order valence-electron chi connectivity index (χ2n) is 8.12. The van der Waals surface area contributed by atoms with Crippen LogP contribution >= 0.6 is 11.6 Å². The van der Waals surface area contributed by atoms with Gasteiger partial charge in [0.2, 0.25) is 5.82 Å². The number of urea groups is 1. The van der Waals surface area contributed by atoms with Gasteiger partial charge in [0.15, 0.2) is 0 Å². The molecule has 0 radical (unpaired) electrons. The average Bonchev–Trinajstić information content (AvgIpc) is 3.37. The summed E-state index contributed by atoms with van der Waals surface area (Å²) in [5.41, 5.74) is 3.95. The maximum atomic E-state index is 13.2. The first-order valence-corrected chi connectivity index (χ1v) is 11.5. The minimum absolute atomic E-state index is 0.229. The Morgan fingerprint density at radius 1 is 1.06 bits per heavy atom. The maximum absolute atomic E-state index is 13.2. The minimum atomic E-state index is -0.454. The zero-order valence-electron chi connectivity index (χ0n) is 19.2. The van der Waals surface area contributed by atoms with Crippen LogP contribution in [0.2, 0.25) is 5.02 Å². The smallest absolute Gasteiger partial charge is 0.322 e. The summed E-state index contributed by atoms with van der Waals surface area (Å²) < 4.78 is 11.1. The molecule has 7 nitrogen and oxygen atoms in total. The second kappa shape index (κ2) is 9.64. The van der Waals surface area contributed by atoms with E-state index in [-0.39, 0.29) is 6.03 Å². The summed E-state index contributed by atoms with van der Waals surface area (Å²) in [6.07, 6.45) is 0. The number of carbonyl (C=O) groups is 1. The Hall–Kier alpha value is -4.10. The molecule has 1 N–H and O–H groups in total. The van der Waals surface area contributed by atoms with E-state index < -0.39 is 6.04 Å². The van der Waals surface area contributed by atoms with Crippen LogP contribution in [-0.2, 0) is 6.54 Å². The predicted molar refractivity (Wildman–Crippen MR) is 134 cm³/mol. The van der Waals surface area contributed by atoms with Crippen molar-refractivity contribution in [2.75, 3.05) is 7.11 Å². The van der Waals surface area contributed by atoms with Crippen LogP contribution in [0.15, 0.2) is 89.1 Å². The molecule has 0 aliphatic carbocycles. The number of nitrogens with zero attached hydrogens (tertiary/aromatic N) is 3. The number of hydrogen-bond acceptors (Lipinski definition) is 5. The number of aromatic nitrogens is 2. The molecule has 0 fully saturated rings. The van der Waals surface area contributed by atoms with Crippen molar-refractivity contribution < 1.29 is 14.1 Å². The summed E-state index contributed by atoms with van der Waals surface area (Å²) >= 11 is 6.39. The highest BCUT2D eigenvalue weighted by Gasteiger charge is 2.36. The Kier molecular flexibility index (Phi) is 6.25. The van der Waals surface area contributed by atoms with Gasteiger partial charge < -0.3 is 14.6 Å². The molecule has 0 bridgehead atoms. The van der Waals surface area contributed by atoms with Crippen LogP contribution < -0.4 is 10.1 Å². The lowest BCUT2D eigenvalue weighted by molar-refractivity contribution is 0.203. The van der Waals surface area contributed by atoms with Gasteiger partial charge in [0.25, 0.3) is 5.89 Å². The van der Waals surface area contributed by atoms with E-state index >= 15 is 0 Å². The molecule has 2 heterocycles. The van der Waals surface area contributed by atoms with Gasteiger partial charge in [0.1, 0.15) is 5.75 Å². The molecule has 4 aromatic rings. The quantitative estimate of drug-likeness (QED) is 0.356. The van der Waals surface area contributed by atoms with Crippen molar-refractivity contribution in [1.29, 1.82) is 0 Å². The number of benzene rings is 3. The third-order valence-corrected chi connectivity index (χ3v) is 6.37. The monoisotopic (exact) mass is 486 g/mol. The lowest BCUT2D eigenvalue weighted by atomic mass is 9.94. The summed E-state index contributed by atoms with van der Waals surface area (Å²) in [4.78, 5) is 19.6. The predicted octanol–water partition coefficient (Wildman–Crippen LogP) is 6.10. The van der Waals surface area contributed by atoms with Crippen LogP contribution in [0.25, 0.3) is 17.0 Å². The molecule has 1 aromatic heterocycles. The first kappa shape index (κ1) is 22.7. The average molecular weight is 487 g/mol. The van der Waals surface area contributed by atoms with E-state index in [1.807, 2.05) is 85.8 Å². The Morgan fingerprint density at radius 2 is 1.83 bits per heavy atom. The number of halogens is 1. The normalized spacial score (nSPS) is 15.8. The van der Waals surface area contributed by atoms with E-state index in [1.54, 1.807) is 12.0 Å². The lowest BCUT2D eigenvalue weighted by Crippen LogP contribution is -2.45. The molecule has 1 aliphatic rings. The molecule has 1 unspecified atom stereocenters. The third kappa shape index (κ3) is 4.50. The molecule has 1 aliphatic heterocycles. The van der Waals surface area contributed by atoms with Gasteiger partial charge in [-0.25, -0.2) is 4.79 Å². The number of ether oxygens (including phenoxy) is 1. The zero-order valence-corrected chi connectivity index (χ0v) is 20.0. The Balaban J connectivity index is 1.60. The molecular formula is C27H23ClN4O3. The van der Waals surface area contributed by atoms with E-state index in [0.29, 0.717) is 34.7 Å². The highest BCUT2D eigenvalue weighted by Crippen LogP contribution is 2.38. The fourth-order valence-corrected chi connectivity index (χ4v) is 4.35. The van der Waals surface area contributed by atoms with Crippen molar-refractivity contribution in [3.05, 3.63) is 107 Å². The first-order valence-electron chi connectivity index (χ1n) is 11.1. The van der Waals surface area contributed by atoms with Crippen molar-refractivity contribution in [1.82, 2.24) is 20.4 Å². The van der Waals surface area contributed by atoms with Crippen LogP contribution in [-0.4, -0.2) is 28.2 Å². The number of rotatable bonds is 6. The first-order chi connectivity index (χ1) is 17.0. The topological polar surface area (TPSA) is 80.5 Å². The van der Waals surface area contributed by atoms with E-state index in [0.717, 1.165) is 22.3 Å². The molecule has 8 heteroatoms. The molecule has 176 valence electrons. The van der Waals surface area contributed by atoms with Gasteiger partial charge >= 0.3 is 6.03 Å². The SMILES string of the molecule is COc1cccc(-c2noc(C3=C(C)N(Cc4ccccc4Cl)C(=O)NC3c3ccccc3)n2)c1. The van der Waals surface area contributed by atoms with Crippen molar-refractivity contribution >= 4 is 23.2 Å². The van der Waals surface area contributed by atoms with Crippen molar-refractivity contribution in [2.24, 2.45) is 0 Å². The molecule has 3 aromatic carbocycles. The maximum Gasteiger partial charge on any atom is 0.322 e. The molecule has 1 atom stereocenters. The van der Waals surface area contributed by atoms with Gasteiger partial charge in [-0.3, -0.25) is 4.90 Å². The molecule has 0 spiro atoms. The Morgan fingerprint density at radius 3 is 2.60 bits per heavy atom. The fraction of sp³-hybridized carbons (Fsp3) is 0.148. The summed E-state index contributed by atoms with van der Waals surface area (Å²) in [6.45, 7) is 2.19. The van der Waals surface area contributed by atoms with Gasteiger partial charge in [-0.2, -0.15) is 4.98 Å². The van der Waals surface area contributed by atoms with E-state index in [4.69, 9.17) is 25.8 Å². The second-order valence-corrected chi connectivity index (χ2v) is 8.53. The number of hydrogen-bond donors (Lipinski definition) is 1. The third-order valence-electron chi connectivity index (χ3n) is 6.00. The number of allylic oxidation sites excluding steroid dienone is 1. The summed E-state index contributed by atoms with van der Waals surface area (Å²) in [5.74, 6) is 1.46. The fourth-order valence-electron chi connectivity index (χ4n) is 4.15. The highest BCUT2D eigenvalue weighted by atomic mass is 35.5. The molecule has 2 amide bonds. The van der Waals surface area contributed by atoms with Gasteiger partial charge in [-0.15, -0.1) is 0 Å². The lowest BCUT2D eigenvalue weighted by Gasteiger charge is -2.35. The zero-order chi connectivity index (χ0) is 24.4. The number of carbonyl (C=O) groups excluding carboxylic acids is 1. The van der Waals surface area contributed by atoms with E-state index in [1.165, 1.54) is 0 Å². The summed E-state index contributed by atoms with van der Waals surface area (Å²) in [6, 6.07) is 24.0. The molecule has 5 rings (SSSR count). The van der Waals surface area contributed by atoms with Crippen molar-refractivity contribution in [2.45, 2.75) is 19.5 Å². The van der Waals surface area contributed by atoms with Crippen LogP contribution in [0.4, 0.5) is 4.79 Å². The molecule has 0 saturated heterocycles. The van der Waals surface area contributed by atoms with Crippen molar-refractivity contribution in [3.63, 3.8) is 0 Å². The largest absolute Gasteiger partial charge is 0.497 e. The Bertz CT molecular complexity index is 1400. The van der Waals surface area contributed by atoms with E-state index in [9.17, 15) is 4.79 Å². The van der Waals surface area contributed by atoms with Gasteiger partial charge in [-0.1, -0.05) is 77.4 Å². The molecule has 0 saturated carbocycles. The minimum Gasteiger partial charge on any atom is -0.497 e. The van der Waals surface area contributed by atoms with Crippen LogP contribution in [0.5, 0.6) is 5.75 Å². The molecule has 35 heavy (non-hydrogen) atoms. The Labute approximate surface area is 208 Å².